The summed E-state index contributed by atoms with van der Waals surface area (Å²) >= 11 is 0. The van der Waals surface area contributed by atoms with Crippen LogP contribution in [-0.4, -0.2) is 226 Å². The lowest BCUT2D eigenvalue weighted by molar-refractivity contribution is -0.108. The summed E-state index contributed by atoms with van der Waals surface area (Å²) in [5.74, 6) is -2.77. The van der Waals surface area contributed by atoms with Gasteiger partial charge in [-0.25, -0.2) is 0 Å². The van der Waals surface area contributed by atoms with Crippen LogP contribution in [0.3, 0.4) is 0 Å². The van der Waals surface area contributed by atoms with Gasteiger partial charge in [-0.1, -0.05) is 83.1 Å². The van der Waals surface area contributed by atoms with E-state index in [1.165, 1.54) is 69.7 Å². The maximum absolute atomic E-state index is 14.0. The fraction of sp³-hybridized carbons (Fsp3) is 0.673. The van der Waals surface area contributed by atoms with E-state index >= 15 is 0 Å². The third-order valence-corrected chi connectivity index (χ3v) is 11.1. The number of hydrogen-bond acceptors (Lipinski definition) is 15. The van der Waals surface area contributed by atoms with Crippen LogP contribution in [0.5, 0.6) is 0 Å². The maximum atomic E-state index is 14.0. The van der Waals surface area contributed by atoms with Gasteiger partial charge in [-0.2, -0.15) is 0 Å². The molecule has 0 aromatic heterocycles. The predicted octanol–water partition coefficient (Wildman–Crippen LogP) is 3.38. The number of carbonyl (C=O) groups excluding carboxylic acids is 6. The maximum Gasteiger partial charge on any atom is 0.254 e. The molecule has 76 heavy (non-hydrogen) atoms. The molecule has 6 amide bonds. The number of anilines is 2. The van der Waals surface area contributed by atoms with Crippen molar-refractivity contribution in [3.8, 4) is 0 Å². The number of nitrogens with zero attached hydrogens (tertiary/aromatic N) is 6. The van der Waals surface area contributed by atoms with E-state index in [2.05, 4.69) is 0 Å². The molecule has 9 N–H and O–H groups in total. The van der Waals surface area contributed by atoms with E-state index in [9.17, 15) is 74.7 Å². The molecule has 442 valence electrons. The Morgan fingerprint density at radius 3 is 0.658 bits per heavy atom. The summed E-state index contributed by atoms with van der Waals surface area (Å²) in [7, 11) is 5.44. The molecule has 4 unspecified atom stereocenters. The van der Waals surface area contributed by atoms with E-state index in [-0.39, 0.29) is 93.2 Å². The van der Waals surface area contributed by atoms with Gasteiger partial charge in [0.1, 0.15) is 0 Å². The number of carbonyl (C=O) groups is 6. The van der Waals surface area contributed by atoms with Crippen molar-refractivity contribution >= 4 is 47.8 Å². The molecule has 0 radical (unpaired) electrons. The zero-order valence-corrected chi connectivity index (χ0v) is 50.3. The van der Waals surface area contributed by atoms with Crippen molar-refractivity contribution in [1.82, 2.24) is 19.6 Å². The number of likely N-dealkylation sites (N-methyl/N-ethyl adjacent to an activating group) is 4. The average molecular weight is 1090 g/mol. The first-order chi connectivity index (χ1) is 35.9. The number of hydrogen-bond donors (Lipinski definition) is 9. The normalized spacial score (nSPS) is 11.9. The number of amides is 6. The summed E-state index contributed by atoms with van der Waals surface area (Å²) in [5.41, 5.74) is 0.989. The third kappa shape index (κ3) is 22.5. The molecule has 0 heterocycles. The third-order valence-electron chi connectivity index (χ3n) is 11.1. The molecule has 2 aromatic rings. The van der Waals surface area contributed by atoms with E-state index in [1.807, 2.05) is 83.1 Å². The molecule has 0 bridgehead atoms. The van der Waals surface area contributed by atoms with E-state index in [0.29, 0.717) is 12.8 Å². The van der Waals surface area contributed by atoms with Crippen molar-refractivity contribution in [2.75, 3.05) is 104 Å². The van der Waals surface area contributed by atoms with Gasteiger partial charge in [0.2, 0.25) is 12.8 Å². The molecule has 0 saturated heterocycles. The SMILES string of the molecule is CC.CC.CC.CC.CC.CC.Cc1c(C(=O)N(C)CC(O)CO)c(C)c(N(C=O)CC(O)CN(C=O)c2c(C)c(C(=O)N(C)CC(O)CO)c(C)c(C(=O)N(C)CC(O)CO)c2C)c(C)c1C(=O)N(C)CC(O)CO. The fourth-order valence-corrected chi connectivity index (χ4v) is 8.03. The van der Waals surface area contributed by atoms with Crippen LogP contribution in [0.1, 0.15) is 158 Å². The minimum atomic E-state index is -1.60. The Kier molecular flexibility index (Phi) is 45.1. The first kappa shape index (κ1) is 79.8. The van der Waals surface area contributed by atoms with Crippen molar-refractivity contribution in [2.45, 2.75) is 155 Å². The zero-order chi connectivity index (χ0) is 61.1. The Bertz CT molecular complexity index is 1770. The first-order valence-corrected chi connectivity index (χ1v) is 26.5. The smallest absolute Gasteiger partial charge is 0.254 e. The monoisotopic (exact) mass is 1090 g/mol. The molecule has 0 aliphatic rings. The molecule has 4 atom stereocenters. The highest BCUT2D eigenvalue weighted by Gasteiger charge is 2.34. The molecule has 0 fully saturated rings. The van der Waals surface area contributed by atoms with Gasteiger partial charge < -0.3 is 75.4 Å². The molecule has 2 rings (SSSR count). The Hall–Kier alpha value is -5.10. The quantitative estimate of drug-likeness (QED) is 0.0681. The van der Waals surface area contributed by atoms with Gasteiger partial charge in [0.05, 0.1) is 81.4 Å². The van der Waals surface area contributed by atoms with Gasteiger partial charge in [-0.15, -0.1) is 0 Å². The zero-order valence-electron chi connectivity index (χ0n) is 50.3. The van der Waals surface area contributed by atoms with Crippen LogP contribution in [-0.2, 0) is 9.59 Å². The second kappa shape index (κ2) is 42.9. The number of benzene rings is 2. The standard InChI is InChI=1S/C43H66N6O15.6C2H6/c1-23-34(40(61)44(7)11-30(57)17-50)25(3)38(26(4)35(23)41(62)45(8)12-31(58)18-51)48(21-54)15-29(56)16-49(22-55)39-27(5)36(42(63)46(9)13-32(59)19-52)24(2)37(28(39)6)43(64)47(10)14-33(60)20-53;6*1-2/h21-22,29-33,50-53,56-60H,11-20H2,1-10H3;6*1-2H3. The minimum absolute atomic E-state index is 0.0286. The first-order valence-electron chi connectivity index (χ1n) is 26.5. The highest BCUT2D eigenvalue weighted by atomic mass is 16.3. The number of rotatable bonds is 24. The molecule has 0 aliphatic heterocycles. The summed E-state index contributed by atoms with van der Waals surface area (Å²) in [6.45, 7) is 28.1. The Balaban J connectivity index is -0.00000130. The van der Waals surface area contributed by atoms with E-state index in [4.69, 9.17) is 0 Å². The van der Waals surface area contributed by atoms with Crippen molar-refractivity contribution in [3.05, 3.63) is 55.6 Å². The van der Waals surface area contributed by atoms with E-state index in [1.54, 1.807) is 0 Å². The van der Waals surface area contributed by atoms with Crippen LogP contribution >= 0.6 is 0 Å². The van der Waals surface area contributed by atoms with Gasteiger partial charge in [0.15, 0.2) is 0 Å². The molecular weight excluding hydrogens is 985 g/mol. The molecular formula is C55H102N6O15. The number of aliphatic hydroxyl groups excluding tert-OH is 9. The van der Waals surface area contributed by atoms with Gasteiger partial charge in [0, 0.05) is 76.6 Å². The van der Waals surface area contributed by atoms with Crippen molar-refractivity contribution in [2.24, 2.45) is 0 Å². The lowest BCUT2D eigenvalue weighted by Gasteiger charge is -2.33. The molecule has 0 aliphatic carbocycles. The summed E-state index contributed by atoms with van der Waals surface area (Å²) in [4.78, 5) is 88.8. The van der Waals surface area contributed by atoms with Crippen LogP contribution in [0, 0.1) is 41.5 Å². The summed E-state index contributed by atoms with van der Waals surface area (Å²) < 4.78 is 0. The molecule has 21 heteroatoms. The van der Waals surface area contributed by atoms with Crippen LogP contribution < -0.4 is 9.80 Å². The van der Waals surface area contributed by atoms with Crippen LogP contribution in [0.25, 0.3) is 0 Å². The number of aliphatic hydroxyl groups is 9. The Morgan fingerprint density at radius 1 is 0.342 bits per heavy atom. The molecule has 0 spiro atoms. The van der Waals surface area contributed by atoms with Crippen molar-refractivity contribution in [1.29, 1.82) is 0 Å². The summed E-state index contributed by atoms with van der Waals surface area (Å²) in [6.07, 6.45) is -6.12. The summed E-state index contributed by atoms with van der Waals surface area (Å²) in [6, 6.07) is 0. The van der Waals surface area contributed by atoms with Crippen molar-refractivity contribution < 1.29 is 74.7 Å². The molecule has 0 saturated carbocycles. The van der Waals surface area contributed by atoms with Gasteiger partial charge in [-0.3, -0.25) is 28.8 Å². The van der Waals surface area contributed by atoms with Crippen LogP contribution in [0.2, 0.25) is 0 Å². The lowest BCUT2D eigenvalue weighted by atomic mass is 9.88. The molecule has 21 nitrogen and oxygen atoms in total. The van der Waals surface area contributed by atoms with Crippen molar-refractivity contribution in [3.63, 3.8) is 0 Å². The van der Waals surface area contributed by atoms with Crippen LogP contribution in [0.15, 0.2) is 0 Å². The van der Waals surface area contributed by atoms with E-state index < -0.39 is 93.7 Å². The lowest BCUT2D eigenvalue weighted by Crippen LogP contribution is -2.42. The summed E-state index contributed by atoms with van der Waals surface area (Å²) in [5, 5.41) is 89.9. The van der Waals surface area contributed by atoms with Gasteiger partial charge >= 0.3 is 0 Å². The highest BCUT2D eigenvalue weighted by molar-refractivity contribution is 6.08. The average Bonchev–Trinajstić information content (AvgIpc) is 3.42. The second-order valence-electron chi connectivity index (χ2n) is 16.2. The van der Waals surface area contributed by atoms with E-state index in [0.717, 1.165) is 29.4 Å². The predicted molar refractivity (Wildman–Crippen MR) is 302 cm³/mol. The topological polar surface area (TPSA) is 304 Å². The largest absolute Gasteiger partial charge is 0.394 e. The fourth-order valence-electron chi connectivity index (χ4n) is 8.03. The Labute approximate surface area is 455 Å². The second-order valence-corrected chi connectivity index (χ2v) is 16.2. The van der Waals surface area contributed by atoms with Crippen LogP contribution in [0.4, 0.5) is 11.4 Å². The highest BCUT2D eigenvalue weighted by Crippen LogP contribution is 2.37. The Morgan fingerprint density at radius 2 is 0.513 bits per heavy atom. The molecule has 2 aromatic carbocycles. The minimum Gasteiger partial charge on any atom is -0.394 e. The van der Waals surface area contributed by atoms with Gasteiger partial charge in [-0.05, 0) is 74.9 Å². The van der Waals surface area contributed by atoms with Gasteiger partial charge in [0.25, 0.3) is 23.6 Å².